The average molecular weight is 344 g/mol. The smallest absolute Gasteiger partial charge is 0.150 e. The van der Waals surface area contributed by atoms with E-state index in [1.54, 1.807) is 0 Å². The van der Waals surface area contributed by atoms with Crippen LogP contribution in [0.1, 0.15) is 55.2 Å². The van der Waals surface area contributed by atoms with Crippen LogP contribution in [-0.2, 0) is 0 Å². The second kappa shape index (κ2) is 7.17. The standard InChI is InChI=1S/C24H24O2/c1-15-5-6-16(2)21(11-15)24(20-9-7-19(14-25)8-10-20)22-12-18(4)23(26)13-17(22)3/h5-14,24,26H,1-4H3. The first-order valence-corrected chi connectivity index (χ1v) is 8.83. The summed E-state index contributed by atoms with van der Waals surface area (Å²) in [5.74, 6) is 0.372. The molecule has 1 N–H and O–H groups in total. The number of phenols is 1. The fourth-order valence-corrected chi connectivity index (χ4v) is 3.50. The number of carbonyl (C=O) groups is 1. The molecule has 1 atom stereocenters. The van der Waals surface area contributed by atoms with E-state index in [1.807, 2.05) is 44.2 Å². The van der Waals surface area contributed by atoms with Crippen LogP contribution in [0.5, 0.6) is 5.75 Å². The Balaban J connectivity index is 2.27. The zero-order valence-electron chi connectivity index (χ0n) is 15.7. The van der Waals surface area contributed by atoms with Crippen LogP contribution in [0.3, 0.4) is 0 Å². The number of aryl methyl sites for hydroxylation is 4. The lowest BCUT2D eigenvalue weighted by atomic mass is 9.80. The van der Waals surface area contributed by atoms with Crippen molar-refractivity contribution in [1.29, 1.82) is 0 Å². The topological polar surface area (TPSA) is 37.3 Å². The molecular formula is C24H24O2. The molecule has 132 valence electrons. The van der Waals surface area contributed by atoms with Crippen molar-refractivity contribution in [3.63, 3.8) is 0 Å². The molecule has 3 rings (SSSR count). The highest BCUT2D eigenvalue weighted by Gasteiger charge is 2.21. The number of aldehydes is 1. The molecular weight excluding hydrogens is 320 g/mol. The van der Waals surface area contributed by atoms with Gasteiger partial charge in [-0.15, -0.1) is 0 Å². The third-order valence-electron chi connectivity index (χ3n) is 5.05. The molecule has 0 fully saturated rings. The zero-order chi connectivity index (χ0) is 18.8. The normalized spacial score (nSPS) is 12.0. The van der Waals surface area contributed by atoms with Crippen molar-refractivity contribution in [3.8, 4) is 5.75 Å². The molecule has 0 amide bonds. The minimum absolute atomic E-state index is 0.0508. The Morgan fingerprint density at radius 3 is 2.08 bits per heavy atom. The van der Waals surface area contributed by atoms with Crippen molar-refractivity contribution < 1.29 is 9.90 Å². The molecule has 0 saturated carbocycles. The van der Waals surface area contributed by atoms with Crippen LogP contribution < -0.4 is 0 Å². The lowest BCUT2D eigenvalue weighted by Gasteiger charge is -2.24. The first-order valence-electron chi connectivity index (χ1n) is 8.83. The Morgan fingerprint density at radius 1 is 0.769 bits per heavy atom. The van der Waals surface area contributed by atoms with Gasteiger partial charge in [0.25, 0.3) is 0 Å². The quantitative estimate of drug-likeness (QED) is 0.493. The van der Waals surface area contributed by atoms with Gasteiger partial charge in [-0.05, 0) is 67.1 Å². The van der Waals surface area contributed by atoms with Gasteiger partial charge in [0.2, 0.25) is 0 Å². The van der Waals surface area contributed by atoms with E-state index in [9.17, 15) is 9.90 Å². The highest BCUT2D eigenvalue weighted by molar-refractivity contribution is 5.74. The molecule has 0 aromatic heterocycles. The minimum Gasteiger partial charge on any atom is -0.508 e. The van der Waals surface area contributed by atoms with E-state index in [-0.39, 0.29) is 5.92 Å². The van der Waals surface area contributed by atoms with Crippen molar-refractivity contribution in [2.24, 2.45) is 0 Å². The second-order valence-corrected chi connectivity index (χ2v) is 7.07. The highest BCUT2D eigenvalue weighted by atomic mass is 16.3. The van der Waals surface area contributed by atoms with Crippen molar-refractivity contribution in [2.45, 2.75) is 33.6 Å². The third-order valence-corrected chi connectivity index (χ3v) is 5.05. The summed E-state index contributed by atoms with van der Waals surface area (Å²) in [5.41, 5.74) is 8.59. The number of rotatable bonds is 4. The summed E-state index contributed by atoms with van der Waals surface area (Å²) in [6.07, 6.45) is 0.868. The van der Waals surface area contributed by atoms with Gasteiger partial charge in [-0.3, -0.25) is 4.79 Å². The molecule has 26 heavy (non-hydrogen) atoms. The minimum atomic E-state index is 0.0508. The summed E-state index contributed by atoms with van der Waals surface area (Å²) in [6.45, 7) is 8.19. The molecule has 2 heteroatoms. The fraction of sp³-hybridized carbons (Fsp3) is 0.208. The second-order valence-electron chi connectivity index (χ2n) is 7.07. The molecule has 0 aliphatic heterocycles. The molecule has 0 saturated heterocycles. The molecule has 0 bridgehead atoms. The lowest BCUT2D eigenvalue weighted by Crippen LogP contribution is -2.08. The van der Waals surface area contributed by atoms with E-state index in [0.29, 0.717) is 11.3 Å². The average Bonchev–Trinajstić information content (AvgIpc) is 2.63. The van der Waals surface area contributed by atoms with Crippen LogP contribution in [0, 0.1) is 27.7 Å². The molecule has 3 aromatic rings. The van der Waals surface area contributed by atoms with E-state index >= 15 is 0 Å². The van der Waals surface area contributed by atoms with E-state index in [0.717, 1.165) is 23.0 Å². The van der Waals surface area contributed by atoms with Crippen molar-refractivity contribution in [1.82, 2.24) is 0 Å². The Kier molecular flexibility index (Phi) is 4.94. The lowest BCUT2D eigenvalue weighted by molar-refractivity contribution is 0.112. The van der Waals surface area contributed by atoms with Crippen LogP contribution in [0.15, 0.2) is 54.6 Å². The number of hydrogen-bond donors (Lipinski definition) is 1. The maximum Gasteiger partial charge on any atom is 0.150 e. The Hall–Kier alpha value is -2.87. The molecule has 1 unspecified atom stereocenters. The van der Waals surface area contributed by atoms with Gasteiger partial charge in [0, 0.05) is 11.5 Å². The zero-order valence-corrected chi connectivity index (χ0v) is 15.7. The van der Waals surface area contributed by atoms with Crippen LogP contribution in [-0.4, -0.2) is 11.4 Å². The largest absolute Gasteiger partial charge is 0.508 e. The Labute approximate surface area is 155 Å². The Morgan fingerprint density at radius 2 is 1.42 bits per heavy atom. The molecule has 0 heterocycles. The van der Waals surface area contributed by atoms with Crippen molar-refractivity contribution in [2.75, 3.05) is 0 Å². The van der Waals surface area contributed by atoms with E-state index in [1.165, 1.54) is 22.3 Å². The van der Waals surface area contributed by atoms with Gasteiger partial charge in [-0.25, -0.2) is 0 Å². The number of carbonyl (C=O) groups excluding carboxylic acids is 1. The van der Waals surface area contributed by atoms with Crippen molar-refractivity contribution >= 4 is 6.29 Å². The fourth-order valence-electron chi connectivity index (χ4n) is 3.50. The SMILES string of the molecule is Cc1ccc(C)c(C(c2ccc(C=O)cc2)c2cc(C)c(O)cc2C)c1. The summed E-state index contributed by atoms with van der Waals surface area (Å²) in [5, 5.41) is 10.1. The summed E-state index contributed by atoms with van der Waals surface area (Å²) < 4.78 is 0. The molecule has 0 aliphatic rings. The number of phenolic OH excluding ortho intramolecular Hbond substituents is 1. The van der Waals surface area contributed by atoms with Gasteiger partial charge in [-0.2, -0.15) is 0 Å². The maximum absolute atomic E-state index is 11.0. The molecule has 0 radical (unpaired) electrons. The van der Waals surface area contributed by atoms with Gasteiger partial charge in [0.15, 0.2) is 0 Å². The summed E-state index contributed by atoms with van der Waals surface area (Å²) in [7, 11) is 0. The molecule has 0 aliphatic carbocycles. The van der Waals surface area contributed by atoms with E-state index in [4.69, 9.17) is 0 Å². The summed E-state index contributed by atoms with van der Waals surface area (Å²) >= 11 is 0. The molecule has 2 nitrogen and oxygen atoms in total. The monoisotopic (exact) mass is 344 g/mol. The predicted octanol–water partition coefficient (Wildman–Crippen LogP) is 5.62. The van der Waals surface area contributed by atoms with Gasteiger partial charge in [-0.1, -0.05) is 54.1 Å². The summed E-state index contributed by atoms with van der Waals surface area (Å²) in [6, 6.07) is 18.2. The van der Waals surface area contributed by atoms with Gasteiger partial charge in [0.1, 0.15) is 12.0 Å². The van der Waals surface area contributed by atoms with Gasteiger partial charge in [0.05, 0.1) is 0 Å². The number of aromatic hydroxyl groups is 1. The van der Waals surface area contributed by atoms with E-state index in [2.05, 4.69) is 38.1 Å². The van der Waals surface area contributed by atoms with Crippen LogP contribution >= 0.6 is 0 Å². The maximum atomic E-state index is 11.0. The molecule has 0 spiro atoms. The van der Waals surface area contributed by atoms with Gasteiger partial charge >= 0.3 is 0 Å². The number of benzene rings is 3. The molecule has 3 aromatic carbocycles. The van der Waals surface area contributed by atoms with Crippen LogP contribution in [0.4, 0.5) is 0 Å². The third kappa shape index (κ3) is 3.41. The predicted molar refractivity (Wildman–Crippen MR) is 106 cm³/mol. The van der Waals surface area contributed by atoms with Gasteiger partial charge < -0.3 is 5.11 Å². The summed E-state index contributed by atoms with van der Waals surface area (Å²) in [4.78, 5) is 11.0. The first-order chi connectivity index (χ1) is 12.4. The Bertz CT molecular complexity index is 953. The van der Waals surface area contributed by atoms with E-state index < -0.39 is 0 Å². The van der Waals surface area contributed by atoms with Crippen LogP contribution in [0.25, 0.3) is 0 Å². The van der Waals surface area contributed by atoms with Crippen molar-refractivity contribution in [3.05, 3.63) is 99.1 Å². The highest BCUT2D eigenvalue weighted by Crippen LogP contribution is 2.38. The first kappa shape index (κ1) is 17.9. The number of hydrogen-bond acceptors (Lipinski definition) is 2. The van der Waals surface area contributed by atoms with Crippen LogP contribution in [0.2, 0.25) is 0 Å².